The van der Waals surface area contributed by atoms with Crippen molar-refractivity contribution < 1.29 is 4.79 Å². The summed E-state index contributed by atoms with van der Waals surface area (Å²) in [5, 5.41) is 1.34. The van der Waals surface area contributed by atoms with Crippen molar-refractivity contribution in [1.29, 1.82) is 0 Å². The van der Waals surface area contributed by atoms with E-state index in [1.54, 1.807) is 0 Å². The topological polar surface area (TPSA) is 41.4 Å². The van der Waals surface area contributed by atoms with Crippen LogP contribution in [-0.2, 0) is 24.9 Å². The average Bonchev–Trinajstić information content (AvgIpc) is 3.48. The maximum absolute atomic E-state index is 13.7. The molecule has 0 aliphatic carbocycles. The van der Waals surface area contributed by atoms with Crippen LogP contribution in [0.2, 0.25) is 0 Å². The molecule has 5 nitrogen and oxygen atoms in total. The summed E-state index contributed by atoms with van der Waals surface area (Å²) in [6.45, 7) is 4.46. The summed E-state index contributed by atoms with van der Waals surface area (Å²) in [5.74, 6) is 0.367. The molecule has 1 spiro atoms. The number of hydrogen-bond donors (Lipinski definition) is 0. The lowest BCUT2D eigenvalue weighted by atomic mass is 9.72. The second kappa shape index (κ2) is 6.92. The Hall–Kier alpha value is -2.66. The zero-order valence-corrected chi connectivity index (χ0v) is 18.4. The Morgan fingerprint density at radius 3 is 2.84 bits per heavy atom. The van der Waals surface area contributed by atoms with E-state index in [0.29, 0.717) is 24.5 Å². The lowest BCUT2D eigenvalue weighted by molar-refractivity contribution is -0.138. The molecular formula is C26H30N4O. The van der Waals surface area contributed by atoms with E-state index in [1.807, 2.05) is 25.1 Å². The van der Waals surface area contributed by atoms with Crippen molar-refractivity contribution >= 4 is 16.8 Å². The molecule has 3 aliphatic rings. The van der Waals surface area contributed by atoms with E-state index >= 15 is 0 Å². The molecule has 3 fully saturated rings. The largest absolute Gasteiger partial charge is 0.350 e. The second-order valence-electron chi connectivity index (χ2n) is 9.81. The molecule has 1 amide bonds. The van der Waals surface area contributed by atoms with Crippen molar-refractivity contribution in [3.05, 3.63) is 65.6 Å². The SMILES string of the molecule is Cc1cccc(CN2CC[C@]3(C[C@H]4CC[C@H]3N4Cc3cn(C)c4ccccc34)C2=O)n1. The molecule has 3 saturated heterocycles. The summed E-state index contributed by atoms with van der Waals surface area (Å²) in [6, 6.07) is 15.7. The highest BCUT2D eigenvalue weighted by molar-refractivity contribution is 5.87. The number of nitrogens with zero attached hydrogens (tertiary/aromatic N) is 4. The van der Waals surface area contributed by atoms with E-state index in [-0.39, 0.29) is 5.41 Å². The summed E-state index contributed by atoms with van der Waals surface area (Å²) in [4.78, 5) is 23.0. The van der Waals surface area contributed by atoms with Crippen molar-refractivity contribution in [2.75, 3.05) is 6.54 Å². The quantitative estimate of drug-likeness (QED) is 0.647. The lowest BCUT2D eigenvalue weighted by Gasteiger charge is -2.32. The Labute approximate surface area is 183 Å². The minimum atomic E-state index is -0.183. The van der Waals surface area contributed by atoms with Crippen LogP contribution in [0.3, 0.4) is 0 Å². The summed E-state index contributed by atoms with van der Waals surface area (Å²) >= 11 is 0. The van der Waals surface area contributed by atoms with E-state index < -0.39 is 0 Å². The van der Waals surface area contributed by atoms with Gasteiger partial charge in [0, 0.05) is 55.0 Å². The molecule has 2 aromatic heterocycles. The van der Waals surface area contributed by atoms with Crippen LogP contribution in [-0.4, -0.2) is 43.9 Å². The Morgan fingerprint density at radius 1 is 1.10 bits per heavy atom. The van der Waals surface area contributed by atoms with Crippen LogP contribution in [0.25, 0.3) is 10.9 Å². The molecule has 5 heteroatoms. The molecule has 5 heterocycles. The number of amides is 1. The smallest absolute Gasteiger partial charge is 0.230 e. The number of para-hydroxylation sites is 1. The van der Waals surface area contributed by atoms with E-state index in [4.69, 9.17) is 0 Å². The first-order valence-corrected chi connectivity index (χ1v) is 11.6. The van der Waals surface area contributed by atoms with Gasteiger partial charge in [-0.05, 0) is 56.4 Å². The van der Waals surface area contributed by atoms with Gasteiger partial charge in [0.05, 0.1) is 17.7 Å². The maximum atomic E-state index is 13.7. The molecule has 0 radical (unpaired) electrons. The van der Waals surface area contributed by atoms with Gasteiger partial charge in [0.1, 0.15) is 0 Å². The molecule has 0 N–H and O–H groups in total. The van der Waals surface area contributed by atoms with Gasteiger partial charge in [-0.1, -0.05) is 24.3 Å². The molecule has 6 rings (SSSR count). The molecule has 2 bridgehead atoms. The second-order valence-corrected chi connectivity index (χ2v) is 9.81. The van der Waals surface area contributed by atoms with Crippen molar-refractivity contribution in [2.45, 2.75) is 57.8 Å². The Balaban J connectivity index is 1.25. The summed E-state index contributed by atoms with van der Waals surface area (Å²) in [5.41, 5.74) is 4.50. The Kier molecular flexibility index (Phi) is 4.26. The van der Waals surface area contributed by atoms with E-state index in [0.717, 1.165) is 43.7 Å². The fourth-order valence-electron chi connectivity index (χ4n) is 6.68. The van der Waals surface area contributed by atoms with Crippen LogP contribution in [0, 0.1) is 12.3 Å². The van der Waals surface area contributed by atoms with Gasteiger partial charge in [0.15, 0.2) is 0 Å². The molecule has 0 saturated carbocycles. The zero-order valence-electron chi connectivity index (χ0n) is 18.4. The maximum Gasteiger partial charge on any atom is 0.230 e. The molecule has 1 aromatic carbocycles. The first-order valence-electron chi connectivity index (χ1n) is 11.6. The number of aryl methyl sites for hydroxylation is 2. The number of carbonyl (C=O) groups is 1. The summed E-state index contributed by atoms with van der Waals surface area (Å²) in [6.07, 6.45) is 6.67. The fraction of sp³-hybridized carbons (Fsp3) is 0.462. The van der Waals surface area contributed by atoms with Crippen molar-refractivity contribution in [2.24, 2.45) is 12.5 Å². The van der Waals surface area contributed by atoms with Gasteiger partial charge in [0.25, 0.3) is 0 Å². The first kappa shape index (κ1) is 19.1. The van der Waals surface area contributed by atoms with Gasteiger partial charge >= 0.3 is 0 Å². The first-order chi connectivity index (χ1) is 15.0. The fourth-order valence-corrected chi connectivity index (χ4v) is 6.68. The van der Waals surface area contributed by atoms with Gasteiger partial charge in [-0.3, -0.25) is 14.7 Å². The molecule has 31 heavy (non-hydrogen) atoms. The van der Waals surface area contributed by atoms with Crippen LogP contribution in [0.1, 0.15) is 42.6 Å². The average molecular weight is 415 g/mol. The van der Waals surface area contributed by atoms with E-state index in [1.165, 1.54) is 22.9 Å². The van der Waals surface area contributed by atoms with Gasteiger partial charge in [-0.15, -0.1) is 0 Å². The van der Waals surface area contributed by atoms with Crippen molar-refractivity contribution in [3.8, 4) is 0 Å². The molecule has 3 aromatic rings. The van der Waals surface area contributed by atoms with Gasteiger partial charge in [-0.25, -0.2) is 0 Å². The third-order valence-corrected chi connectivity index (χ3v) is 8.05. The standard InChI is InChI=1S/C26H30N4O/c1-18-6-5-7-20(27-18)17-29-13-12-26(25(29)31)14-21-10-11-24(26)30(21)16-19-15-28(2)23-9-4-3-8-22(19)23/h3-9,15,21,24H,10-14,16-17H2,1-2H3/t21-,24-,26-/m1/s1. The van der Waals surface area contributed by atoms with Gasteiger partial charge in [0.2, 0.25) is 5.91 Å². The number of rotatable bonds is 4. The van der Waals surface area contributed by atoms with Crippen LogP contribution in [0.5, 0.6) is 0 Å². The van der Waals surface area contributed by atoms with Crippen LogP contribution in [0.4, 0.5) is 0 Å². The number of hydrogen-bond acceptors (Lipinski definition) is 3. The zero-order chi connectivity index (χ0) is 21.2. The third kappa shape index (κ3) is 2.86. The number of fused-ring (bicyclic) bond motifs is 4. The number of aromatic nitrogens is 2. The molecular weight excluding hydrogens is 384 g/mol. The molecule has 3 aliphatic heterocycles. The monoisotopic (exact) mass is 414 g/mol. The minimum absolute atomic E-state index is 0.183. The summed E-state index contributed by atoms with van der Waals surface area (Å²) < 4.78 is 2.23. The predicted octanol–water partition coefficient (Wildman–Crippen LogP) is 4.04. The highest BCUT2D eigenvalue weighted by Gasteiger charge is 2.62. The van der Waals surface area contributed by atoms with Crippen molar-refractivity contribution in [1.82, 2.24) is 19.4 Å². The lowest BCUT2D eigenvalue weighted by Crippen LogP contribution is -2.43. The molecule has 160 valence electrons. The Bertz CT molecular complexity index is 1170. The number of carbonyl (C=O) groups excluding carboxylic acids is 1. The highest BCUT2D eigenvalue weighted by Crippen LogP contribution is 2.55. The molecule has 3 atom stereocenters. The number of benzene rings is 1. The van der Waals surface area contributed by atoms with Crippen LogP contribution >= 0.6 is 0 Å². The number of pyridine rings is 1. The predicted molar refractivity (Wildman–Crippen MR) is 121 cm³/mol. The van der Waals surface area contributed by atoms with Crippen LogP contribution < -0.4 is 0 Å². The van der Waals surface area contributed by atoms with Crippen LogP contribution in [0.15, 0.2) is 48.7 Å². The number of likely N-dealkylation sites (tertiary alicyclic amines) is 1. The van der Waals surface area contributed by atoms with E-state index in [2.05, 4.69) is 56.9 Å². The third-order valence-electron chi connectivity index (χ3n) is 8.05. The van der Waals surface area contributed by atoms with Gasteiger partial charge in [-0.2, -0.15) is 0 Å². The highest BCUT2D eigenvalue weighted by atomic mass is 16.2. The van der Waals surface area contributed by atoms with E-state index in [9.17, 15) is 4.79 Å². The summed E-state index contributed by atoms with van der Waals surface area (Å²) in [7, 11) is 2.13. The van der Waals surface area contributed by atoms with Crippen molar-refractivity contribution in [3.63, 3.8) is 0 Å². The molecule has 0 unspecified atom stereocenters. The Morgan fingerprint density at radius 2 is 1.97 bits per heavy atom. The minimum Gasteiger partial charge on any atom is -0.350 e. The van der Waals surface area contributed by atoms with Gasteiger partial charge < -0.3 is 9.47 Å². The normalized spacial score (nSPS) is 27.9.